The van der Waals surface area contributed by atoms with E-state index in [1.807, 2.05) is 24.3 Å². The number of hydrogen-bond acceptors (Lipinski definition) is 2. The minimum Gasteiger partial charge on any atom is -0.330 e. The predicted octanol–water partition coefficient (Wildman–Crippen LogP) is 4.44. The van der Waals surface area contributed by atoms with Crippen LogP contribution in [0, 0.1) is 11.6 Å². The molecule has 6 heteroatoms. The lowest BCUT2D eigenvalue weighted by Gasteiger charge is -2.45. The number of fused-ring (bicyclic) bond motifs is 4. The Morgan fingerprint density at radius 2 is 1.70 bits per heavy atom. The van der Waals surface area contributed by atoms with E-state index < -0.39 is 29.5 Å². The van der Waals surface area contributed by atoms with Crippen molar-refractivity contribution in [2.24, 2.45) is 0 Å². The molecule has 2 aliphatic rings. The van der Waals surface area contributed by atoms with Gasteiger partial charge in [0.25, 0.3) is 5.91 Å². The van der Waals surface area contributed by atoms with E-state index in [9.17, 15) is 18.4 Å². The molecule has 2 heterocycles. The van der Waals surface area contributed by atoms with Gasteiger partial charge in [-0.05, 0) is 41.3 Å². The molecule has 2 atom stereocenters. The third kappa shape index (κ3) is 2.87. The molecule has 5 rings (SSSR count). The van der Waals surface area contributed by atoms with Crippen LogP contribution in [-0.2, 0) is 11.2 Å². The van der Waals surface area contributed by atoms with Crippen LogP contribution in [0.5, 0.6) is 0 Å². The number of halogens is 2. The zero-order valence-electron chi connectivity index (χ0n) is 15.9. The number of nitrogens with one attached hydrogen (secondary N) is 1. The summed E-state index contributed by atoms with van der Waals surface area (Å²) in [6, 6.07) is 17.4. The lowest BCUT2D eigenvalue weighted by molar-refractivity contribution is -0.119. The SMILES string of the molecule is O=C(Nc1ccc(F)cc1F)[C@@H]1c2ccccc2C(=O)N2CCc3ccccc3[C@@H]12. The molecule has 0 fully saturated rings. The molecule has 0 radical (unpaired) electrons. The third-order valence-electron chi connectivity index (χ3n) is 5.91. The summed E-state index contributed by atoms with van der Waals surface area (Å²) in [5, 5.41) is 2.61. The van der Waals surface area contributed by atoms with Crippen molar-refractivity contribution in [3.63, 3.8) is 0 Å². The van der Waals surface area contributed by atoms with Crippen LogP contribution < -0.4 is 5.32 Å². The first-order valence-corrected chi connectivity index (χ1v) is 9.78. The number of hydrogen-bond donors (Lipinski definition) is 1. The minimum atomic E-state index is -0.843. The molecule has 3 aromatic carbocycles. The van der Waals surface area contributed by atoms with Gasteiger partial charge in [0.15, 0.2) is 0 Å². The van der Waals surface area contributed by atoms with Crippen molar-refractivity contribution in [3.8, 4) is 0 Å². The fourth-order valence-corrected chi connectivity index (χ4v) is 4.56. The molecule has 2 aliphatic heterocycles. The van der Waals surface area contributed by atoms with E-state index in [-0.39, 0.29) is 11.6 Å². The van der Waals surface area contributed by atoms with Crippen LogP contribution in [0.2, 0.25) is 0 Å². The second-order valence-corrected chi connectivity index (χ2v) is 7.57. The van der Waals surface area contributed by atoms with E-state index in [0.29, 0.717) is 24.1 Å². The monoisotopic (exact) mass is 404 g/mol. The van der Waals surface area contributed by atoms with E-state index >= 15 is 0 Å². The van der Waals surface area contributed by atoms with Gasteiger partial charge in [-0.2, -0.15) is 0 Å². The van der Waals surface area contributed by atoms with Crippen molar-refractivity contribution in [3.05, 3.63) is 101 Å². The van der Waals surface area contributed by atoms with Crippen LogP contribution in [0.4, 0.5) is 14.5 Å². The van der Waals surface area contributed by atoms with E-state index in [2.05, 4.69) is 5.32 Å². The zero-order valence-corrected chi connectivity index (χ0v) is 15.9. The Morgan fingerprint density at radius 1 is 0.967 bits per heavy atom. The summed E-state index contributed by atoms with van der Waals surface area (Å²) in [6.45, 7) is 0.504. The summed E-state index contributed by atoms with van der Waals surface area (Å²) < 4.78 is 27.5. The second kappa shape index (κ2) is 7.06. The summed E-state index contributed by atoms with van der Waals surface area (Å²) in [6.07, 6.45) is 0.710. The quantitative estimate of drug-likeness (QED) is 0.687. The smallest absolute Gasteiger partial charge is 0.254 e. The highest BCUT2D eigenvalue weighted by molar-refractivity contribution is 6.04. The number of carbonyl (C=O) groups excluding carboxylic acids is 2. The molecule has 2 amide bonds. The summed E-state index contributed by atoms with van der Waals surface area (Å²) in [4.78, 5) is 28.3. The van der Waals surface area contributed by atoms with Gasteiger partial charge in [-0.25, -0.2) is 8.78 Å². The molecule has 0 saturated carbocycles. The average molecular weight is 404 g/mol. The molecule has 0 aromatic heterocycles. The number of amides is 2. The standard InChI is InChI=1S/C24H18F2N2O2/c25-15-9-10-20(19(26)13-15)27-23(29)21-17-7-3-4-8-18(17)24(30)28-12-11-14-5-1-2-6-16(14)22(21)28/h1-10,13,21-22H,11-12H2,(H,27,29)/t21-,22+/m1/s1. The maximum Gasteiger partial charge on any atom is 0.254 e. The van der Waals surface area contributed by atoms with Gasteiger partial charge in [-0.1, -0.05) is 42.5 Å². The average Bonchev–Trinajstić information content (AvgIpc) is 2.76. The Balaban J connectivity index is 1.63. The van der Waals surface area contributed by atoms with Gasteiger partial charge in [0, 0.05) is 18.2 Å². The molecule has 0 aliphatic carbocycles. The van der Waals surface area contributed by atoms with E-state index in [1.54, 1.807) is 29.2 Å². The van der Waals surface area contributed by atoms with Crippen LogP contribution >= 0.6 is 0 Å². The Bertz CT molecular complexity index is 1180. The molecular formula is C24H18F2N2O2. The van der Waals surface area contributed by atoms with Gasteiger partial charge in [0.1, 0.15) is 11.6 Å². The van der Waals surface area contributed by atoms with Crippen LogP contribution in [-0.4, -0.2) is 23.3 Å². The highest BCUT2D eigenvalue weighted by Crippen LogP contribution is 2.46. The van der Waals surface area contributed by atoms with Gasteiger partial charge in [-0.15, -0.1) is 0 Å². The first-order valence-electron chi connectivity index (χ1n) is 9.78. The van der Waals surface area contributed by atoms with E-state index in [1.165, 1.54) is 6.07 Å². The predicted molar refractivity (Wildman–Crippen MR) is 108 cm³/mol. The zero-order chi connectivity index (χ0) is 20.8. The Morgan fingerprint density at radius 3 is 2.50 bits per heavy atom. The fraction of sp³-hybridized carbons (Fsp3) is 0.167. The van der Waals surface area contributed by atoms with Crippen molar-refractivity contribution in [1.29, 1.82) is 0 Å². The lowest BCUT2D eigenvalue weighted by atomic mass is 9.76. The maximum atomic E-state index is 14.2. The summed E-state index contributed by atoms with van der Waals surface area (Å²) >= 11 is 0. The highest BCUT2D eigenvalue weighted by Gasteiger charge is 2.46. The molecule has 0 spiro atoms. The van der Waals surface area contributed by atoms with Crippen molar-refractivity contribution >= 4 is 17.5 Å². The molecule has 150 valence electrons. The first kappa shape index (κ1) is 18.5. The number of benzene rings is 3. The molecule has 0 saturated heterocycles. The number of rotatable bonds is 2. The topological polar surface area (TPSA) is 49.4 Å². The van der Waals surface area contributed by atoms with Crippen molar-refractivity contribution in [2.45, 2.75) is 18.4 Å². The Hall–Kier alpha value is -3.54. The van der Waals surface area contributed by atoms with Gasteiger partial charge < -0.3 is 10.2 Å². The Labute approximate surface area is 172 Å². The van der Waals surface area contributed by atoms with Crippen molar-refractivity contribution < 1.29 is 18.4 Å². The summed E-state index contributed by atoms with van der Waals surface area (Å²) in [5.74, 6) is -2.82. The maximum absolute atomic E-state index is 14.2. The van der Waals surface area contributed by atoms with E-state index in [0.717, 1.165) is 23.3 Å². The molecular weight excluding hydrogens is 386 g/mol. The Kier molecular flexibility index (Phi) is 4.35. The van der Waals surface area contributed by atoms with E-state index in [4.69, 9.17) is 0 Å². The van der Waals surface area contributed by atoms with Crippen LogP contribution in [0.3, 0.4) is 0 Å². The third-order valence-corrected chi connectivity index (χ3v) is 5.91. The van der Waals surface area contributed by atoms with Gasteiger partial charge in [0.05, 0.1) is 17.6 Å². The largest absolute Gasteiger partial charge is 0.330 e. The fourth-order valence-electron chi connectivity index (χ4n) is 4.56. The van der Waals surface area contributed by atoms with Crippen LogP contribution in [0.25, 0.3) is 0 Å². The van der Waals surface area contributed by atoms with Crippen molar-refractivity contribution in [2.75, 3.05) is 11.9 Å². The van der Waals surface area contributed by atoms with Crippen LogP contribution in [0.15, 0.2) is 66.7 Å². The molecule has 0 bridgehead atoms. The van der Waals surface area contributed by atoms with Gasteiger partial charge in [0.2, 0.25) is 5.91 Å². The van der Waals surface area contributed by atoms with Gasteiger partial charge >= 0.3 is 0 Å². The lowest BCUT2D eigenvalue weighted by Crippen LogP contribution is -2.49. The normalized spacial score (nSPS) is 19.5. The molecule has 30 heavy (non-hydrogen) atoms. The first-order chi connectivity index (χ1) is 14.5. The molecule has 4 nitrogen and oxygen atoms in total. The second-order valence-electron chi connectivity index (χ2n) is 7.57. The molecule has 1 N–H and O–H groups in total. The molecule has 0 unspecified atom stereocenters. The summed E-state index contributed by atoms with van der Waals surface area (Å²) in [5.41, 5.74) is 3.02. The highest BCUT2D eigenvalue weighted by atomic mass is 19.1. The minimum absolute atomic E-state index is 0.0913. The van der Waals surface area contributed by atoms with Crippen LogP contribution in [0.1, 0.15) is 39.0 Å². The van der Waals surface area contributed by atoms with Crippen molar-refractivity contribution in [1.82, 2.24) is 4.90 Å². The molecule has 3 aromatic rings. The van der Waals surface area contributed by atoms with Gasteiger partial charge in [-0.3, -0.25) is 9.59 Å². The number of carbonyl (C=O) groups is 2. The number of anilines is 1. The summed E-state index contributed by atoms with van der Waals surface area (Å²) in [7, 11) is 0. The number of nitrogens with zero attached hydrogens (tertiary/aromatic N) is 1.